The number of nitrogens with zero attached hydrogens (tertiary/aromatic N) is 1. The number of hydrogen-bond donors (Lipinski definition) is 1. The van der Waals surface area contributed by atoms with Gasteiger partial charge >= 0.3 is 0 Å². The average molecular weight is 196 g/mol. The minimum absolute atomic E-state index is 0.186. The van der Waals surface area contributed by atoms with Gasteiger partial charge in [0.2, 0.25) is 0 Å². The van der Waals surface area contributed by atoms with E-state index in [-0.39, 0.29) is 11.9 Å². The monoisotopic (exact) mass is 196 g/mol. The predicted octanol–water partition coefficient (Wildman–Crippen LogP) is 2.00. The Bertz CT molecular complexity index is 286. The number of nitrogens with two attached hydrogens (primary N) is 1. The second-order valence-corrected chi connectivity index (χ2v) is 3.53. The summed E-state index contributed by atoms with van der Waals surface area (Å²) in [7, 11) is 0. The van der Waals surface area contributed by atoms with Gasteiger partial charge in [0, 0.05) is 19.1 Å². The van der Waals surface area contributed by atoms with E-state index in [1.807, 2.05) is 24.8 Å². The van der Waals surface area contributed by atoms with Crippen molar-refractivity contribution in [1.82, 2.24) is 0 Å². The molecule has 0 atom stereocenters. The second kappa shape index (κ2) is 4.96. The molecule has 0 unspecified atom stereocenters. The van der Waals surface area contributed by atoms with Gasteiger partial charge in [-0.05, 0) is 26.0 Å². The van der Waals surface area contributed by atoms with Crippen LogP contribution in [0.2, 0.25) is 0 Å². The zero-order valence-corrected chi connectivity index (χ0v) is 8.70. The van der Waals surface area contributed by atoms with Crippen LogP contribution in [0, 0.1) is 5.82 Å². The van der Waals surface area contributed by atoms with Crippen molar-refractivity contribution in [1.29, 1.82) is 0 Å². The van der Waals surface area contributed by atoms with Crippen LogP contribution in [-0.4, -0.2) is 19.1 Å². The Hall–Kier alpha value is -1.09. The van der Waals surface area contributed by atoms with Crippen LogP contribution in [0.5, 0.6) is 0 Å². The lowest BCUT2D eigenvalue weighted by Crippen LogP contribution is -2.35. The Kier molecular flexibility index (Phi) is 3.89. The molecule has 0 saturated carbocycles. The standard InChI is InChI=1S/C11H17FN2/c1-9(2)14(8-7-13)11-6-4-3-5-10(11)12/h3-6,9H,7-8,13H2,1-2H3. The van der Waals surface area contributed by atoms with Crippen molar-refractivity contribution >= 4 is 5.69 Å². The molecule has 3 heteroatoms. The lowest BCUT2D eigenvalue weighted by Gasteiger charge is -2.28. The summed E-state index contributed by atoms with van der Waals surface area (Å²) in [5, 5.41) is 0. The zero-order valence-electron chi connectivity index (χ0n) is 8.70. The molecule has 0 amide bonds. The van der Waals surface area contributed by atoms with E-state index >= 15 is 0 Å². The molecule has 0 radical (unpaired) electrons. The maximum atomic E-state index is 13.4. The number of benzene rings is 1. The van der Waals surface area contributed by atoms with E-state index in [9.17, 15) is 4.39 Å². The first kappa shape index (κ1) is 11.0. The molecule has 0 aliphatic heterocycles. The molecule has 2 N–H and O–H groups in total. The van der Waals surface area contributed by atoms with E-state index < -0.39 is 0 Å². The minimum Gasteiger partial charge on any atom is -0.365 e. The van der Waals surface area contributed by atoms with Gasteiger partial charge in [-0.3, -0.25) is 0 Å². The summed E-state index contributed by atoms with van der Waals surface area (Å²) >= 11 is 0. The van der Waals surface area contributed by atoms with Crippen molar-refractivity contribution in [2.75, 3.05) is 18.0 Å². The van der Waals surface area contributed by atoms with Gasteiger partial charge in [0.05, 0.1) is 5.69 Å². The number of hydrogen-bond acceptors (Lipinski definition) is 2. The summed E-state index contributed by atoms with van der Waals surface area (Å²) in [6.07, 6.45) is 0. The largest absolute Gasteiger partial charge is 0.365 e. The lowest BCUT2D eigenvalue weighted by molar-refractivity contribution is 0.600. The van der Waals surface area contributed by atoms with Crippen molar-refractivity contribution in [2.45, 2.75) is 19.9 Å². The summed E-state index contributed by atoms with van der Waals surface area (Å²) in [4.78, 5) is 1.97. The number of para-hydroxylation sites is 1. The fourth-order valence-corrected chi connectivity index (χ4v) is 1.48. The predicted molar refractivity (Wildman–Crippen MR) is 57.9 cm³/mol. The quantitative estimate of drug-likeness (QED) is 0.798. The van der Waals surface area contributed by atoms with Crippen LogP contribution < -0.4 is 10.6 Å². The van der Waals surface area contributed by atoms with Gasteiger partial charge in [-0.15, -0.1) is 0 Å². The zero-order chi connectivity index (χ0) is 10.6. The van der Waals surface area contributed by atoms with Crippen molar-refractivity contribution in [3.05, 3.63) is 30.1 Å². The van der Waals surface area contributed by atoms with Crippen LogP contribution in [0.4, 0.5) is 10.1 Å². The maximum Gasteiger partial charge on any atom is 0.146 e. The van der Waals surface area contributed by atoms with Crippen LogP contribution in [0.3, 0.4) is 0 Å². The summed E-state index contributed by atoms with van der Waals surface area (Å²) in [5.74, 6) is -0.186. The highest BCUT2D eigenvalue weighted by atomic mass is 19.1. The van der Waals surface area contributed by atoms with Crippen LogP contribution in [0.15, 0.2) is 24.3 Å². The first-order valence-corrected chi connectivity index (χ1v) is 4.88. The molecular formula is C11H17FN2. The molecule has 2 nitrogen and oxygen atoms in total. The highest BCUT2D eigenvalue weighted by molar-refractivity contribution is 5.48. The number of anilines is 1. The van der Waals surface area contributed by atoms with Crippen LogP contribution in [0.1, 0.15) is 13.8 Å². The number of halogens is 1. The lowest BCUT2D eigenvalue weighted by atomic mass is 10.2. The van der Waals surface area contributed by atoms with Crippen molar-refractivity contribution in [3.8, 4) is 0 Å². The van der Waals surface area contributed by atoms with Crippen LogP contribution in [0.25, 0.3) is 0 Å². The van der Waals surface area contributed by atoms with Gasteiger partial charge in [0.1, 0.15) is 5.82 Å². The molecule has 14 heavy (non-hydrogen) atoms. The van der Waals surface area contributed by atoms with Gasteiger partial charge in [0.15, 0.2) is 0 Å². The van der Waals surface area contributed by atoms with E-state index in [1.165, 1.54) is 6.07 Å². The molecule has 0 saturated heterocycles. The van der Waals surface area contributed by atoms with E-state index in [0.717, 1.165) is 0 Å². The smallest absolute Gasteiger partial charge is 0.146 e. The molecule has 0 heterocycles. The third-order valence-corrected chi connectivity index (χ3v) is 2.16. The first-order chi connectivity index (χ1) is 6.66. The molecule has 0 aliphatic rings. The molecule has 0 aromatic heterocycles. The third kappa shape index (κ3) is 2.45. The third-order valence-electron chi connectivity index (χ3n) is 2.16. The Morgan fingerprint density at radius 1 is 1.36 bits per heavy atom. The molecule has 1 rings (SSSR count). The average Bonchev–Trinajstić information content (AvgIpc) is 2.15. The van der Waals surface area contributed by atoms with Crippen LogP contribution in [-0.2, 0) is 0 Å². The number of rotatable bonds is 4. The van der Waals surface area contributed by atoms with E-state index in [0.29, 0.717) is 18.8 Å². The molecule has 0 bridgehead atoms. The Balaban J connectivity index is 2.93. The molecule has 0 spiro atoms. The highest BCUT2D eigenvalue weighted by Gasteiger charge is 2.12. The Morgan fingerprint density at radius 2 is 2.00 bits per heavy atom. The normalized spacial score (nSPS) is 10.6. The van der Waals surface area contributed by atoms with E-state index in [4.69, 9.17) is 5.73 Å². The SMILES string of the molecule is CC(C)N(CCN)c1ccccc1F. The Morgan fingerprint density at radius 3 is 2.50 bits per heavy atom. The first-order valence-electron chi connectivity index (χ1n) is 4.88. The summed E-state index contributed by atoms with van der Waals surface area (Å²) < 4.78 is 13.4. The highest BCUT2D eigenvalue weighted by Crippen LogP contribution is 2.20. The molecule has 0 fully saturated rings. The molecule has 0 aliphatic carbocycles. The summed E-state index contributed by atoms with van der Waals surface area (Å²) in [6.45, 7) is 5.27. The molecular weight excluding hydrogens is 179 g/mol. The topological polar surface area (TPSA) is 29.3 Å². The fourth-order valence-electron chi connectivity index (χ4n) is 1.48. The molecule has 78 valence electrons. The van der Waals surface area contributed by atoms with Crippen molar-refractivity contribution < 1.29 is 4.39 Å². The maximum absolute atomic E-state index is 13.4. The molecule has 1 aromatic carbocycles. The Labute approximate surface area is 84.5 Å². The molecule has 1 aromatic rings. The van der Waals surface area contributed by atoms with Gasteiger partial charge < -0.3 is 10.6 Å². The summed E-state index contributed by atoms with van der Waals surface area (Å²) in [6, 6.07) is 7.05. The fraction of sp³-hybridized carbons (Fsp3) is 0.455. The van der Waals surface area contributed by atoms with Gasteiger partial charge in [0.25, 0.3) is 0 Å². The van der Waals surface area contributed by atoms with Gasteiger partial charge in [-0.1, -0.05) is 12.1 Å². The minimum atomic E-state index is -0.186. The summed E-state index contributed by atoms with van der Waals surface area (Å²) in [5.41, 5.74) is 6.12. The van der Waals surface area contributed by atoms with Gasteiger partial charge in [-0.25, -0.2) is 4.39 Å². The van der Waals surface area contributed by atoms with Crippen molar-refractivity contribution in [2.24, 2.45) is 5.73 Å². The van der Waals surface area contributed by atoms with Gasteiger partial charge in [-0.2, -0.15) is 0 Å². The van der Waals surface area contributed by atoms with Crippen LogP contribution >= 0.6 is 0 Å². The van der Waals surface area contributed by atoms with E-state index in [1.54, 1.807) is 12.1 Å². The van der Waals surface area contributed by atoms with Crippen molar-refractivity contribution in [3.63, 3.8) is 0 Å². The van der Waals surface area contributed by atoms with E-state index in [2.05, 4.69) is 0 Å². The second-order valence-electron chi connectivity index (χ2n) is 3.53.